The number of alkyl halides is 3. The maximum atomic E-state index is 13.8. The van der Waals surface area contributed by atoms with E-state index in [-0.39, 0.29) is 5.56 Å². The second-order valence-electron chi connectivity index (χ2n) is 3.58. The van der Waals surface area contributed by atoms with Gasteiger partial charge < -0.3 is 9.36 Å². The highest BCUT2D eigenvalue weighted by Gasteiger charge is 2.38. The van der Waals surface area contributed by atoms with Gasteiger partial charge in [0, 0.05) is 0 Å². The topological polar surface area (TPSA) is 60.5 Å². The van der Waals surface area contributed by atoms with Crippen molar-refractivity contribution < 1.29 is 26.9 Å². The number of halogens is 4. The van der Waals surface area contributed by atoms with Crippen LogP contribution in [0.4, 0.5) is 17.6 Å². The minimum absolute atomic E-state index is 0.209. The van der Waals surface area contributed by atoms with Crippen LogP contribution in [0.1, 0.15) is 11.5 Å². The average Bonchev–Trinajstić information content (AvgIpc) is 2.85. The molecule has 0 saturated carbocycles. The van der Waals surface area contributed by atoms with Crippen LogP contribution in [0, 0.1) is 5.82 Å². The molecule has 1 heterocycles. The van der Waals surface area contributed by atoms with Gasteiger partial charge in [-0.05, 0) is 17.7 Å². The van der Waals surface area contributed by atoms with E-state index < -0.39 is 23.7 Å². The van der Waals surface area contributed by atoms with Crippen molar-refractivity contribution in [1.29, 1.82) is 0 Å². The molecule has 0 N–H and O–H groups in total. The van der Waals surface area contributed by atoms with Crippen LogP contribution in [0.3, 0.4) is 0 Å². The van der Waals surface area contributed by atoms with Crippen LogP contribution >= 0.6 is 0 Å². The number of benzene rings is 1. The molecule has 0 atom stereocenters. The molecule has 9 heteroatoms. The summed E-state index contributed by atoms with van der Waals surface area (Å²) in [5, 5.41) is 6.53. The fourth-order valence-electron chi connectivity index (χ4n) is 1.35. The van der Waals surface area contributed by atoms with Crippen LogP contribution in [-0.4, -0.2) is 23.5 Å². The molecule has 1 aromatic heterocycles. The lowest BCUT2D eigenvalue weighted by molar-refractivity contribution is -0.159. The van der Waals surface area contributed by atoms with Crippen molar-refractivity contribution in [3.8, 4) is 11.4 Å². The van der Waals surface area contributed by atoms with Crippen molar-refractivity contribution in [3.63, 3.8) is 0 Å². The number of oxime groups is 1. The highest BCUT2D eigenvalue weighted by molar-refractivity contribution is 5.80. The van der Waals surface area contributed by atoms with Crippen LogP contribution in [0.25, 0.3) is 11.4 Å². The van der Waals surface area contributed by atoms with E-state index in [1.165, 1.54) is 25.5 Å². The van der Waals surface area contributed by atoms with Gasteiger partial charge in [-0.1, -0.05) is 16.4 Å². The molecule has 0 radical (unpaired) electrons. The van der Waals surface area contributed by atoms with Gasteiger partial charge in [0.2, 0.25) is 5.82 Å². The van der Waals surface area contributed by atoms with E-state index in [0.29, 0.717) is 5.56 Å². The predicted molar refractivity (Wildman–Crippen MR) is 59.3 cm³/mol. The predicted octanol–water partition coefficient (Wildman–Crippen LogP) is 2.87. The molecule has 2 aromatic rings. The Balaban J connectivity index is 2.34. The first-order chi connectivity index (χ1) is 9.41. The van der Waals surface area contributed by atoms with Gasteiger partial charge in [0.25, 0.3) is 0 Å². The summed E-state index contributed by atoms with van der Waals surface area (Å²) in [5.74, 6) is -2.82. The van der Waals surface area contributed by atoms with E-state index in [1.807, 2.05) is 0 Å². The minimum Gasteiger partial charge on any atom is -0.399 e. The summed E-state index contributed by atoms with van der Waals surface area (Å²) < 4.78 is 54.7. The van der Waals surface area contributed by atoms with E-state index in [1.54, 1.807) is 0 Å². The zero-order valence-electron chi connectivity index (χ0n) is 9.98. The van der Waals surface area contributed by atoms with Crippen LogP contribution in [-0.2, 0) is 11.0 Å². The zero-order chi connectivity index (χ0) is 14.8. The van der Waals surface area contributed by atoms with Crippen molar-refractivity contribution in [3.05, 3.63) is 35.5 Å². The number of aromatic nitrogens is 2. The molecule has 0 fully saturated rings. The smallest absolute Gasteiger partial charge is 0.399 e. The minimum atomic E-state index is -4.77. The molecular formula is C11H7F4N3O2. The normalized spacial score (nSPS) is 12.1. The first kappa shape index (κ1) is 14.0. The van der Waals surface area contributed by atoms with Crippen molar-refractivity contribution >= 4 is 6.21 Å². The number of hydrogen-bond donors (Lipinski definition) is 0. The monoisotopic (exact) mass is 289 g/mol. The molecule has 0 saturated heterocycles. The lowest BCUT2D eigenvalue weighted by Gasteiger charge is -1.99. The molecule has 0 spiro atoms. The van der Waals surface area contributed by atoms with Crippen molar-refractivity contribution in [1.82, 2.24) is 10.1 Å². The number of rotatable bonds is 3. The first-order valence-electron chi connectivity index (χ1n) is 5.19. The Morgan fingerprint density at radius 1 is 1.35 bits per heavy atom. The van der Waals surface area contributed by atoms with E-state index in [0.717, 1.165) is 6.07 Å². The molecule has 1 aromatic carbocycles. The van der Waals surface area contributed by atoms with E-state index in [2.05, 4.69) is 24.7 Å². The standard InChI is InChI=1S/C11H7F4N3O2/c1-19-16-5-6-2-3-7(8(12)4-6)9-17-10(20-18-9)11(13,14)15/h2-5H,1H3. The molecule has 5 nitrogen and oxygen atoms in total. The van der Waals surface area contributed by atoms with Crippen molar-refractivity contribution in [2.45, 2.75) is 6.18 Å². The molecule has 0 unspecified atom stereocenters. The summed E-state index contributed by atoms with van der Waals surface area (Å²) in [6.45, 7) is 0. The first-order valence-corrected chi connectivity index (χ1v) is 5.19. The SMILES string of the molecule is CON=Cc1ccc(-c2noc(C(F)(F)F)n2)c(F)c1. The largest absolute Gasteiger partial charge is 0.471 e. The molecule has 2 rings (SSSR count). The Morgan fingerprint density at radius 2 is 2.10 bits per heavy atom. The summed E-state index contributed by atoms with van der Waals surface area (Å²) in [7, 11) is 1.32. The van der Waals surface area contributed by atoms with Crippen molar-refractivity contribution in [2.24, 2.45) is 5.16 Å². The summed E-state index contributed by atoms with van der Waals surface area (Å²) in [6.07, 6.45) is -3.53. The van der Waals surface area contributed by atoms with Gasteiger partial charge >= 0.3 is 12.1 Å². The Morgan fingerprint density at radius 3 is 2.65 bits per heavy atom. The maximum Gasteiger partial charge on any atom is 0.471 e. The summed E-state index contributed by atoms with van der Waals surface area (Å²) in [5.41, 5.74) is 0.159. The zero-order valence-corrected chi connectivity index (χ0v) is 9.98. The number of hydrogen-bond acceptors (Lipinski definition) is 5. The highest BCUT2D eigenvalue weighted by atomic mass is 19.4. The highest BCUT2D eigenvalue weighted by Crippen LogP contribution is 2.30. The van der Waals surface area contributed by atoms with Crippen molar-refractivity contribution in [2.75, 3.05) is 7.11 Å². The molecule has 0 aliphatic heterocycles. The number of nitrogens with zero attached hydrogens (tertiary/aromatic N) is 3. The summed E-state index contributed by atoms with van der Waals surface area (Å²) in [6, 6.07) is 3.70. The second kappa shape index (κ2) is 5.27. The van der Waals surface area contributed by atoms with Gasteiger partial charge in [-0.15, -0.1) is 0 Å². The van der Waals surface area contributed by atoms with E-state index >= 15 is 0 Å². The van der Waals surface area contributed by atoms with Crippen LogP contribution in [0.5, 0.6) is 0 Å². The Labute approximate surface area is 109 Å². The van der Waals surface area contributed by atoms with Crippen LogP contribution < -0.4 is 0 Å². The third kappa shape index (κ3) is 2.92. The summed E-state index contributed by atoms with van der Waals surface area (Å²) in [4.78, 5) is 7.53. The third-order valence-electron chi connectivity index (χ3n) is 2.21. The van der Waals surface area contributed by atoms with Gasteiger partial charge in [-0.3, -0.25) is 0 Å². The van der Waals surface area contributed by atoms with Gasteiger partial charge in [0.15, 0.2) is 0 Å². The van der Waals surface area contributed by atoms with Gasteiger partial charge in [-0.2, -0.15) is 18.2 Å². The second-order valence-corrected chi connectivity index (χ2v) is 3.58. The molecule has 0 aliphatic rings. The molecule has 106 valence electrons. The fraction of sp³-hybridized carbons (Fsp3) is 0.182. The Hall–Kier alpha value is -2.45. The Bertz CT molecular complexity index is 637. The van der Waals surface area contributed by atoms with Crippen LogP contribution in [0.2, 0.25) is 0 Å². The molecule has 0 amide bonds. The van der Waals surface area contributed by atoms with E-state index in [4.69, 9.17) is 0 Å². The molecule has 0 aliphatic carbocycles. The molecule has 0 bridgehead atoms. The lowest BCUT2D eigenvalue weighted by Crippen LogP contribution is -2.04. The lowest BCUT2D eigenvalue weighted by atomic mass is 10.1. The van der Waals surface area contributed by atoms with Crippen LogP contribution in [0.15, 0.2) is 27.9 Å². The molecular weight excluding hydrogens is 282 g/mol. The van der Waals surface area contributed by atoms with Gasteiger partial charge in [0.05, 0.1) is 11.8 Å². The third-order valence-corrected chi connectivity index (χ3v) is 2.21. The average molecular weight is 289 g/mol. The quantitative estimate of drug-likeness (QED) is 0.495. The Kier molecular flexibility index (Phi) is 3.68. The van der Waals surface area contributed by atoms with E-state index in [9.17, 15) is 17.6 Å². The van der Waals surface area contributed by atoms with Gasteiger partial charge in [0.1, 0.15) is 12.9 Å². The summed E-state index contributed by atoms with van der Waals surface area (Å²) >= 11 is 0. The fourth-order valence-corrected chi connectivity index (χ4v) is 1.35. The maximum absolute atomic E-state index is 13.8. The molecule has 20 heavy (non-hydrogen) atoms. The van der Waals surface area contributed by atoms with Gasteiger partial charge in [-0.25, -0.2) is 4.39 Å².